The van der Waals surface area contributed by atoms with Crippen LogP contribution < -0.4 is 5.73 Å². The molecule has 82 valence electrons. The number of likely N-dealkylation sites (tertiary alicyclic amines) is 1. The quantitative estimate of drug-likeness (QED) is 0.745. The van der Waals surface area contributed by atoms with Crippen LogP contribution in [0.5, 0.6) is 0 Å². The van der Waals surface area contributed by atoms with Crippen molar-refractivity contribution in [3.8, 4) is 0 Å². The van der Waals surface area contributed by atoms with E-state index in [4.69, 9.17) is 5.73 Å². The van der Waals surface area contributed by atoms with Gasteiger partial charge in [0, 0.05) is 25.2 Å². The molecule has 2 fully saturated rings. The minimum atomic E-state index is 0.174. The van der Waals surface area contributed by atoms with Crippen LogP contribution in [-0.4, -0.2) is 30.1 Å². The highest BCUT2D eigenvalue weighted by molar-refractivity contribution is 4.99. The summed E-state index contributed by atoms with van der Waals surface area (Å²) in [4.78, 5) is 2.56. The molecule has 1 aliphatic heterocycles. The van der Waals surface area contributed by atoms with Crippen LogP contribution in [0.25, 0.3) is 0 Å². The van der Waals surface area contributed by atoms with Crippen LogP contribution in [0.2, 0.25) is 0 Å². The fraction of sp³-hybridized carbons (Fsp3) is 1.00. The molecule has 0 bridgehead atoms. The predicted molar refractivity (Wildman–Crippen MR) is 60.2 cm³/mol. The molecule has 1 saturated heterocycles. The van der Waals surface area contributed by atoms with Gasteiger partial charge in [-0.25, -0.2) is 0 Å². The van der Waals surface area contributed by atoms with Gasteiger partial charge in [0.2, 0.25) is 0 Å². The molecular formula is C12H24N2. The molecule has 0 spiro atoms. The summed E-state index contributed by atoms with van der Waals surface area (Å²) in [6.45, 7) is 5.85. The van der Waals surface area contributed by atoms with E-state index in [2.05, 4.69) is 11.8 Å². The number of hydrogen-bond donors (Lipinski definition) is 1. The number of nitrogens with zero attached hydrogens (tertiary/aromatic N) is 1. The van der Waals surface area contributed by atoms with Crippen molar-refractivity contribution in [1.82, 2.24) is 4.90 Å². The summed E-state index contributed by atoms with van der Waals surface area (Å²) in [6.07, 6.45) is 8.27. The maximum absolute atomic E-state index is 6.24. The lowest BCUT2D eigenvalue weighted by Crippen LogP contribution is -2.67. The number of rotatable bonds is 4. The Balaban J connectivity index is 1.66. The lowest BCUT2D eigenvalue weighted by atomic mass is 9.85. The van der Waals surface area contributed by atoms with Crippen LogP contribution in [-0.2, 0) is 0 Å². The Bertz CT molecular complexity index is 179. The Kier molecular flexibility index (Phi) is 3.13. The van der Waals surface area contributed by atoms with E-state index in [9.17, 15) is 0 Å². The van der Waals surface area contributed by atoms with Gasteiger partial charge in [-0.15, -0.1) is 0 Å². The molecule has 2 nitrogen and oxygen atoms in total. The minimum absolute atomic E-state index is 0.174. The molecule has 0 amide bonds. The first-order chi connectivity index (χ1) is 6.72. The Hall–Kier alpha value is -0.0800. The highest BCUT2D eigenvalue weighted by atomic mass is 15.2. The molecule has 2 heteroatoms. The van der Waals surface area contributed by atoms with Gasteiger partial charge in [-0.1, -0.05) is 26.2 Å². The third-order valence-corrected chi connectivity index (χ3v) is 3.82. The molecule has 2 N–H and O–H groups in total. The van der Waals surface area contributed by atoms with Crippen molar-refractivity contribution in [2.45, 2.75) is 51.0 Å². The van der Waals surface area contributed by atoms with Crippen LogP contribution in [0.15, 0.2) is 0 Å². The third-order valence-electron chi connectivity index (χ3n) is 3.82. The van der Waals surface area contributed by atoms with E-state index in [0.29, 0.717) is 0 Å². The van der Waals surface area contributed by atoms with Crippen LogP contribution in [0, 0.1) is 5.92 Å². The molecule has 0 aromatic rings. The number of hydrogen-bond acceptors (Lipinski definition) is 2. The monoisotopic (exact) mass is 196 g/mol. The summed E-state index contributed by atoms with van der Waals surface area (Å²) in [7, 11) is 0. The minimum Gasteiger partial charge on any atom is -0.323 e. The molecule has 2 rings (SSSR count). The lowest BCUT2D eigenvalue weighted by Gasteiger charge is -2.49. The fourth-order valence-corrected chi connectivity index (χ4v) is 3.19. The largest absolute Gasteiger partial charge is 0.323 e. The van der Waals surface area contributed by atoms with Crippen molar-refractivity contribution in [3.05, 3.63) is 0 Å². The summed E-state index contributed by atoms with van der Waals surface area (Å²) >= 11 is 0. The van der Waals surface area contributed by atoms with E-state index in [-0.39, 0.29) is 5.54 Å². The Labute approximate surface area is 87.8 Å². The Morgan fingerprint density at radius 2 is 1.93 bits per heavy atom. The van der Waals surface area contributed by atoms with Crippen LogP contribution in [0.4, 0.5) is 0 Å². The average molecular weight is 196 g/mol. The van der Waals surface area contributed by atoms with E-state index in [1.165, 1.54) is 45.1 Å². The van der Waals surface area contributed by atoms with Gasteiger partial charge in [-0.05, 0) is 25.2 Å². The van der Waals surface area contributed by atoms with E-state index >= 15 is 0 Å². The zero-order valence-corrected chi connectivity index (χ0v) is 9.47. The van der Waals surface area contributed by atoms with Crippen LogP contribution in [0.1, 0.15) is 45.4 Å². The van der Waals surface area contributed by atoms with Gasteiger partial charge in [-0.2, -0.15) is 0 Å². The van der Waals surface area contributed by atoms with Gasteiger partial charge in [0.25, 0.3) is 0 Å². The first-order valence-electron chi connectivity index (χ1n) is 6.23. The van der Waals surface area contributed by atoms with Gasteiger partial charge < -0.3 is 5.73 Å². The van der Waals surface area contributed by atoms with Crippen molar-refractivity contribution in [3.63, 3.8) is 0 Å². The average Bonchev–Trinajstić information content (AvgIpc) is 2.54. The summed E-state index contributed by atoms with van der Waals surface area (Å²) < 4.78 is 0. The molecule has 1 aliphatic carbocycles. The Morgan fingerprint density at radius 1 is 1.29 bits per heavy atom. The molecule has 0 aromatic carbocycles. The van der Waals surface area contributed by atoms with Crippen molar-refractivity contribution in [2.24, 2.45) is 11.7 Å². The smallest absolute Gasteiger partial charge is 0.0412 e. The predicted octanol–water partition coefficient (Wildman–Crippen LogP) is 1.99. The maximum atomic E-state index is 6.24. The summed E-state index contributed by atoms with van der Waals surface area (Å²) in [5, 5.41) is 0. The second-order valence-electron chi connectivity index (χ2n) is 5.43. The van der Waals surface area contributed by atoms with E-state index in [1.54, 1.807) is 0 Å². The SMILES string of the molecule is CCCC1(N)CN(CC2CCCC2)C1. The number of nitrogens with two attached hydrogens (primary N) is 1. The Morgan fingerprint density at radius 3 is 2.50 bits per heavy atom. The topological polar surface area (TPSA) is 29.3 Å². The van der Waals surface area contributed by atoms with Gasteiger partial charge in [0.15, 0.2) is 0 Å². The summed E-state index contributed by atoms with van der Waals surface area (Å²) in [6, 6.07) is 0. The van der Waals surface area contributed by atoms with E-state index in [0.717, 1.165) is 19.0 Å². The van der Waals surface area contributed by atoms with Gasteiger partial charge in [-0.3, -0.25) is 4.90 Å². The first kappa shape index (κ1) is 10.4. The molecule has 0 radical (unpaired) electrons. The van der Waals surface area contributed by atoms with Gasteiger partial charge in [0.1, 0.15) is 0 Å². The molecule has 0 unspecified atom stereocenters. The lowest BCUT2D eigenvalue weighted by molar-refractivity contribution is 0.0497. The van der Waals surface area contributed by atoms with Gasteiger partial charge >= 0.3 is 0 Å². The third kappa shape index (κ3) is 2.29. The van der Waals surface area contributed by atoms with Crippen molar-refractivity contribution >= 4 is 0 Å². The molecule has 1 heterocycles. The highest BCUT2D eigenvalue weighted by Gasteiger charge is 2.39. The molecule has 0 atom stereocenters. The molecule has 2 aliphatic rings. The van der Waals surface area contributed by atoms with Crippen molar-refractivity contribution in [1.29, 1.82) is 0 Å². The molecule has 0 aromatic heterocycles. The standard InChI is InChI=1S/C12H24N2/c1-2-7-12(13)9-14(10-12)8-11-5-3-4-6-11/h11H,2-10,13H2,1H3. The molecular weight excluding hydrogens is 172 g/mol. The second kappa shape index (κ2) is 4.19. The molecule has 14 heavy (non-hydrogen) atoms. The van der Waals surface area contributed by atoms with Crippen molar-refractivity contribution in [2.75, 3.05) is 19.6 Å². The fourth-order valence-electron chi connectivity index (χ4n) is 3.19. The maximum Gasteiger partial charge on any atom is 0.0412 e. The zero-order valence-electron chi connectivity index (χ0n) is 9.47. The second-order valence-corrected chi connectivity index (χ2v) is 5.43. The van der Waals surface area contributed by atoms with Crippen LogP contribution >= 0.6 is 0 Å². The van der Waals surface area contributed by atoms with Crippen molar-refractivity contribution < 1.29 is 0 Å². The summed E-state index contributed by atoms with van der Waals surface area (Å²) in [5.74, 6) is 0.987. The summed E-state index contributed by atoms with van der Waals surface area (Å²) in [5.41, 5.74) is 6.41. The highest BCUT2D eigenvalue weighted by Crippen LogP contribution is 2.30. The first-order valence-corrected chi connectivity index (χ1v) is 6.23. The molecule has 1 saturated carbocycles. The van der Waals surface area contributed by atoms with Crippen LogP contribution in [0.3, 0.4) is 0 Å². The normalized spacial score (nSPS) is 27.9. The zero-order chi connectivity index (χ0) is 10.0. The van der Waals surface area contributed by atoms with E-state index < -0.39 is 0 Å². The van der Waals surface area contributed by atoms with Gasteiger partial charge in [0.05, 0.1) is 0 Å². The van der Waals surface area contributed by atoms with E-state index in [1.807, 2.05) is 0 Å².